The van der Waals surface area contributed by atoms with Crippen LogP contribution in [0.4, 0.5) is 0 Å². The summed E-state index contributed by atoms with van der Waals surface area (Å²) < 4.78 is 13.7. The van der Waals surface area contributed by atoms with Gasteiger partial charge in [0.05, 0.1) is 11.4 Å². The number of ether oxygens (including phenoxy) is 2. The highest BCUT2D eigenvalue weighted by Crippen LogP contribution is 2.32. The fourth-order valence-corrected chi connectivity index (χ4v) is 3.99. The zero-order valence-corrected chi connectivity index (χ0v) is 16.2. The summed E-state index contributed by atoms with van der Waals surface area (Å²) in [5, 5.41) is 8.01. The number of nitrogens with one attached hydrogen (secondary N) is 1. The van der Waals surface area contributed by atoms with Gasteiger partial charge >= 0.3 is 0 Å². The normalized spacial score (nSPS) is 13.0. The molecule has 0 saturated heterocycles. The molecule has 4 rings (SSSR count). The molecule has 0 amide bonds. The fraction of sp³-hybridized carbons (Fsp3) is 0.222. The molecule has 2 aromatic carbocycles. The lowest BCUT2D eigenvalue weighted by atomic mass is 10.2. The molecule has 0 atom stereocenters. The summed E-state index contributed by atoms with van der Waals surface area (Å²) in [7, 11) is 0. The van der Waals surface area contributed by atoms with E-state index in [1.54, 1.807) is 11.8 Å². The number of H-pyrrole nitrogens is 1. The summed E-state index contributed by atoms with van der Waals surface area (Å²) in [6.45, 7) is 1.13. The van der Waals surface area contributed by atoms with E-state index < -0.39 is 0 Å². The van der Waals surface area contributed by atoms with E-state index in [2.05, 4.69) is 10.2 Å². The highest BCUT2D eigenvalue weighted by atomic mass is 35.5. The van der Waals surface area contributed by atoms with Crippen molar-refractivity contribution < 1.29 is 9.47 Å². The Kier molecular flexibility index (Phi) is 5.19. The second-order valence-electron chi connectivity index (χ2n) is 5.73. The van der Waals surface area contributed by atoms with Crippen LogP contribution in [0.2, 0.25) is 5.02 Å². The van der Waals surface area contributed by atoms with Crippen LogP contribution in [0.1, 0.15) is 11.4 Å². The van der Waals surface area contributed by atoms with E-state index in [-0.39, 0.29) is 0 Å². The number of benzene rings is 2. The molecule has 26 heavy (non-hydrogen) atoms. The monoisotopic (exact) mass is 405 g/mol. The smallest absolute Gasteiger partial charge is 0.199 e. The number of aromatic amines is 1. The van der Waals surface area contributed by atoms with Crippen LogP contribution in [-0.2, 0) is 11.5 Å². The molecule has 0 aliphatic carbocycles. The molecule has 3 aromatic rings. The van der Waals surface area contributed by atoms with Gasteiger partial charge in [-0.05, 0) is 42.0 Å². The molecule has 0 unspecified atom stereocenters. The van der Waals surface area contributed by atoms with Crippen LogP contribution >= 0.6 is 35.6 Å². The standard InChI is InChI=1S/C18H16ClN3O2S2/c19-13-3-1-12(2-4-13)10-26-11-17-20-21-18(25)22(17)14-5-6-15-16(9-14)24-8-7-23-15/h1-6,9H,7-8,10-11H2,(H,21,25). The van der Waals surface area contributed by atoms with Crippen molar-refractivity contribution in [1.29, 1.82) is 0 Å². The first-order valence-corrected chi connectivity index (χ1v) is 10.0. The van der Waals surface area contributed by atoms with Gasteiger partial charge in [-0.1, -0.05) is 23.7 Å². The van der Waals surface area contributed by atoms with Gasteiger partial charge in [-0.15, -0.1) is 11.8 Å². The van der Waals surface area contributed by atoms with E-state index >= 15 is 0 Å². The average Bonchev–Trinajstić information content (AvgIpc) is 3.03. The molecule has 1 aliphatic heterocycles. The first-order chi connectivity index (χ1) is 12.7. The lowest BCUT2D eigenvalue weighted by Crippen LogP contribution is -2.15. The zero-order valence-electron chi connectivity index (χ0n) is 13.8. The molecule has 0 fully saturated rings. The van der Waals surface area contributed by atoms with Crippen molar-refractivity contribution in [1.82, 2.24) is 14.8 Å². The van der Waals surface area contributed by atoms with Crippen LogP contribution in [0.15, 0.2) is 42.5 Å². The van der Waals surface area contributed by atoms with Gasteiger partial charge in [0.25, 0.3) is 0 Å². The Hall–Kier alpha value is -1.96. The van der Waals surface area contributed by atoms with Crippen molar-refractivity contribution in [2.75, 3.05) is 13.2 Å². The van der Waals surface area contributed by atoms with Crippen molar-refractivity contribution in [2.24, 2.45) is 0 Å². The second kappa shape index (κ2) is 7.73. The van der Waals surface area contributed by atoms with Crippen molar-refractivity contribution in [3.05, 3.63) is 63.6 Å². The number of halogens is 1. The zero-order chi connectivity index (χ0) is 17.9. The first-order valence-electron chi connectivity index (χ1n) is 8.09. The van der Waals surface area contributed by atoms with E-state index in [1.165, 1.54) is 5.56 Å². The quantitative estimate of drug-likeness (QED) is 0.618. The second-order valence-corrected chi connectivity index (χ2v) is 7.54. The number of fused-ring (bicyclic) bond motifs is 1. The Bertz CT molecular complexity index is 969. The minimum absolute atomic E-state index is 0.553. The summed E-state index contributed by atoms with van der Waals surface area (Å²) in [4.78, 5) is 0. The molecule has 0 radical (unpaired) electrons. The first kappa shape index (κ1) is 17.5. The Labute approximate surface area is 165 Å². The Morgan fingerprint density at radius 1 is 1.08 bits per heavy atom. The fourth-order valence-electron chi connectivity index (χ4n) is 2.70. The molecule has 2 heterocycles. The molecule has 1 aromatic heterocycles. The molecule has 1 N–H and O–H groups in total. The topological polar surface area (TPSA) is 52.1 Å². The third-order valence-electron chi connectivity index (χ3n) is 3.94. The number of hydrogen-bond acceptors (Lipinski definition) is 5. The highest BCUT2D eigenvalue weighted by molar-refractivity contribution is 7.97. The number of thioether (sulfide) groups is 1. The van der Waals surface area contributed by atoms with Gasteiger partial charge in [0, 0.05) is 16.8 Å². The minimum Gasteiger partial charge on any atom is -0.486 e. The number of rotatable bonds is 5. The van der Waals surface area contributed by atoms with Crippen LogP contribution in [-0.4, -0.2) is 28.0 Å². The van der Waals surface area contributed by atoms with Crippen molar-refractivity contribution in [3.8, 4) is 17.2 Å². The molecule has 0 saturated carbocycles. The van der Waals surface area contributed by atoms with E-state index in [9.17, 15) is 0 Å². The summed E-state index contributed by atoms with van der Waals surface area (Å²) in [6.07, 6.45) is 0. The molecule has 8 heteroatoms. The van der Waals surface area contributed by atoms with E-state index in [0.717, 1.165) is 39.5 Å². The average molecular weight is 406 g/mol. The van der Waals surface area contributed by atoms with Crippen LogP contribution in [0.25, 0.3) is 5.69 Å². The van der Waals surface area contributed by atoms with E-state index in [0.29, 0.717) is 18.0 Å². The predicted octanol–water partition coefficient (Wildman–Crippen LogP) is 4.79. The largest absolute Gasteiger partial charge is 0.486 e. The molecule has 0 spiro atoms. The summed E-state index contributed by atoms with van der Waals surface area (Å²) in [5.74, 6) is 3.96. The number of aromatic nitrogens is 3. The van der Waals surface area contributed by atoms with Crippen LogP contribution in [0.5, 0.6) is 11.5 Å². The Morgan fingerprint density at radius 2 is 1.85 bits per heavy atom. The van der Waals surface area contributed by atoms with Gasteiger partial charge in [-0.25, -0.2) is 0 Å². The molecule has 5 nitrogen and oxygen atoms in total. The summed E-state index contributed by atoms with van der Waals surface area (Å²) >= 11 is 13.1. The van der Waals surface area contributed by atoms with Crippen molar-refractivity contribution >= 4 is 35.6 Å². The summed E-state index contributed by atoms with van der Waals surface area (Å²) in [5.41, 5.74) is 2.13. The van der Waals surface area contributed by atoms with Crippen LogP contribution in [0.3, 0.4) is 0 Å². The Morgan fingerprint density at radius 3 is 2.65 bits per heavy atom. The number of nitrogens with zero attached hydrogens (tertiary/aromatic N) is 2. The van der Waals surface area contributed by atoms with Gasteiger partial charge in [0.15, 0.2) is 16.3 Å². The van der Waals surface area contributed by atoms with Crippen molar-refractivity contribution in [2.45, 2.75) is 11.5 Å². The maximum Gasteiger partial charge on any atom is 0.199 e. The SMILES string of the molecule is S=c1[nH]nc(CSCc2ccc(Cl)cc2)n1-c1ccc2c(c1)OCCO2. The highest BCUT2D eigenvalue weighted by Gasteiger charge is 2.15. The maximum atomic E-state index is 5.93. The predicted molar refractivity (Wildman–Crippen MR) is 106 cm³/mol. The molecule has 0 bridgehead atoms. The van der Waals surface area contributed by atoms with Gasteiger partial charge in [-0.3, -0.25) is 9.67 Å². The van der Waals surface area contributed by atoms with E-state index in [1.807, 2.05) is 47.0 Å². The van der Waals surface area contributed by atoms with E-state index in [4.69, 9.17) is 33.3 Å². The Balaban J connectivity index is 1.52. The van der Waals surface area contributed by atoms with Gasteiger partial charge < -0.3 is 9.47 Å². The third kappa shape index (κ3) is 3.75. The lowest BCUT2D eigenvalue weighted by Gasteiger charge is -2.19. The molecular formula is C18H16ClN3O2S2. The van der Waals surface area contributed by atoms with Gasteiger partial charge in [0.1, 0.15) is 19.0 Å². The maximum absolute atomic E-state index is 5.93. The number of hydrogen-bond donors (Lipinski definition) is 1. The lowest BCUT2D eigenvalue weighted by molar-refractivity contribution is 0.171. The minimum atomic E-state index is 0.553. The van der Waals surface area contributed by atoms with Crippen molar-refractivity contribution in [3.63, 3.8) is 0 Å². The van der Waals surface area contributed by atoms with Crippen LogP contribution < -0.4 is 9.47 Å². The third-order valence-corrected chi connectivity index (χ3v) is 5.46. The van der Waals surface area contributed by atoms with Gasteiger partial charge in [-0.2, -0.15) is 5.10 Å². The van der Waals surface area contributed by atoms with Gasteiger partial charge in [0.2, 0.25) is 0 Å². The summed E-state index contributed by atoms with van der Waals surface area (Å²) in [6, 6.07) is 13.7. The van der Waals surface area contributed by atoms with Crippen LogP contribution in [0, 0.1) is 4.77 Å². The molecular weight excluding hydrogens is 390 g/mol. The molecule has 1 aliphatic rings. The molecule has 134 valence electrons.